The second kappa shape index (κ2) is 8.80. The van der Waals surface area contributed by atoms with Gasteiger partial charge in [-0.1, -0.05) is 12.1 Å². The number of carbonyl (C=O) groups excluding carboxylic acids is 2. The summed E-state index contributed by atoms with van der Waals surface area (Å²) in [7, 11) is 1.60. The normalized spacial score (nSPS) is 14.8. The third-order valence-electron chi connectivity index (χ3n) is 5.11. The number of Topliss-reactive ketones (excluding diaryl/α,β-unsaturated/α-hetero) is 1. The Morgan fingerprint density at radius 2 is 1.81 bits per heavy atom. The monoisotopic (exact) mass is 369 g/mol. The van der Waals surface area contributed by atoms with Crippen molar-refractivity contribution in [1.82, 2.24) is 4.90 Å². The maximum absolute atomic E-state index is 13.2. The summed E-state index contributed by atoms with van der Waals surface area (Å²) in [6.45, 7) is 1.18. The molecule has 0 radical (unpaired) electrons. The van der Waals surface area contributed by atoms with Gasteiger partial charge in [-0.3, -0.25) is 9.59 Å². The molecule has 3 rings (SSSR count). The second-order valence-electron chi connectivity index (χ2n) is 6.88. The van der Waals surface area contributed by atoms with E-state index in [1.807, 2.05) is 11.0 Å². The molecule has 4 nitrogen and oxygen atoms in total. The number of ether oxygens (including phenoxy) is 1. The molecule has 1 aliphatic heterocycles. The Hall–Kier alpha value is -2.69. The van der Waals surface area contributed by atoms with Crippen molar-refractivity contribution in [2.75, 3.05) is 20.2 Å². The highest BCUT2D eigenvalue weighted by Crippen LogP contribution is 2.23. The Labute approximate surface area is 158 Å². The van der Waals surface area contributed by atoms with Gasteiger partial charge in [0.25, 0.3) is 0 Å². The van der Waals surface area contributed by atoms with Gasteiger partial charge in [-0.05, 0) is 61.2 Å². The third kappa shape index (κ3) is 4.94. The molecule has 0 aromatic heterocycles. The van der Waals surface area contributed by atoms with E-state index in [9.17, 15) is 14.0 Å². The average Bonchev–Trinajstić information content (AvgIpc) is 2.72. The standard InChI is InChI=1S/C22H24FNO3/c1-27-20-8-6-17(7-9-20)22(26)18-11-13-24(14-12-18)21(25)10-5-16-3-2-4-19(23)15-16/h2-4,6-9,15,18H,5,10-14H2,1H3. The second-order valence-corrected chi connectivity index (χ2v) is 6.88. The molecular weight excluding hydrogens is 345 g/mol. The zero-order valence-electron chi connectivity index (χ0n) is 15.5. The van der Waals surface area contributed by atoms with Gasteiger partial charge in [0.05, 0.1) is 7.11 Å². The summed E-state index contributed by atoms with van der Waals surface area (Å²) in [5, 5.41) is 0. The Morgan fingerprint density at radius 3 is 2.44 bits per heavy atom. The van der Waals surface area contributed by atoms with E-state index in [1.54, 1.807) is 37.4 Å². The van der Waals surface area contributed by atoms with Gasteiger partial charge in [0, 0.05) is 31.0 Å². The molecule has 0 N–H and O–H groups in total. The summed E-state index contributed by atoms with van der Waals surface area (Å²) in [5.41, 5.74) is 1.51. The quantitative estimate of drug-likeness (QED) is 0.726. The SMILES string of the molecule is COc1ccc(C(=O)C2CCN(C(=O)CCc3cccc(F)c3)CC2)cc1. The summed E-state index contributed by atoms with van der Waals surface area (Å²) in [5.74, 6) is 0.591. The predicted octanol–water partition coefficient (Wildman–Crippen LogP) is 3.89. The van der Waals surface area contributed by atoms with Gasteiger partial charge in [0.15, 0.2) is 5.78 Å². The highest BCUT2D eigenvalue weighted by Gasteiger charge is 2.27. The number of nitrogens with zero attached hydrogens (tertiary/aromatic N) is 1. The number of benzene rings is 2. The van der Waals surface area contributed by atoms with Crippen molar-refractivity contribution < 1.29 is 18.7 Å². The third-order valence-corrected chi connectivity index (χ3v) is 5.11. The molecule has 0 saturated carbocycles. The number of methoxy groups -OCH3 is 1. The van der Waals surface area contributed by atoms with E-state index in [0.717, 1.165) is 11.3 Å². The minimum Gasteiger partial charge on any atom is -0.497 e. The number of hydrogen-bond acceptors (Lipinski definition) is 3. The molecule has 0 spiro atoms. The maximum atomic E-state index is 13.2. The van der Waals surface area contributed by atoms with Crippen LogP contribution < -0.4 is 4.74 Å². The minimum absolute atomic E-state index is 0.0503. The molecule has 0 atom stereocenters. The van der Waals surface area contributed by atoms with Crippen molar-refractivity contribution in [3.05, 3.63) is 65.5 Å². The van der Waals surface area contributed by atoms with Crippen molar-refractivity contribution in [2.24, 2.45) is 5.92 Å². The molecule has 142 valence electrons. The van der Waals surface area contributed by atoms with Crippen LogP contribution in [0.5, 0.6) is 5.75 Å². The van der Waals surface area contributed by atoms with Crippen LogP contribution in [0.1, 0.15) is 35.2 Å². The van der Waals surface area contributed by atoms with Gasteiger partial charge >= 0.3 is 0 Å². The molecular formula is C22H24FNO3. The lowest BCUT2D eigenvalue weighted by Crippen LogP contribution is -2.40. The fraction of sp³-hybridized carbons (Fsp3) is 0.364. The fourth-order valence-corrected chi connectivity index (χ4v) is 3.48. The molecule has 1 amide bonds. The maximum Gasteiger partial charge on any atom is 0.222 e. The number of aryl methyl sites for hydroxylation is 1. The van der Waals surface area contributed by atoms with E-state index in [4.69, 9.17) is 4.74 Å². The van der Waals surface area contributed by atoms with Crippen LogP contribution in [-0.4, -0.2) is 36.8 Å². The van der Waals surface area contributed by atoms with Crippen LogP contribution in [0.4, 0.5) is 4.39 Å². The van der Waals surface area contributed by atoms with Crippen molar-refractivity contribution in [2.45, 2.75) is 25.7 Å². The summed E-state index contributed by atoms with van der Waals surface area (Å²) in [4.78, 5) is 26.9. The molecule has 27 heavy (non-hydrogen) atoms. The molecule has 0 aliphatic carbocycles. The van der Waals surface area contributed by atoms with Crippen molar-refractivity contribution in [3.8, 4) is 5.75 Å². The van der Waals surface area contributed by atoms with Crippen LogP contribution in [-0.2, 0) is 11.2 Å². The Balaban J connectivity index is 1.48. The number of carbonyl (C=O) groups is 2. The largest absolute Gasteiger partial charge is 0.497 e. The van der Waals surface area contributed by atoms with Crippen LogP contribution in [0.15, 0.2) is 48.5 Å². The highest BCUT2D eigenvalue weighted by molar-refractivity contribution is 5.98. The Bertz CT molecular complexity index is 795. The Kier molecular flexibility index (Phi) is 6.22. The first-order valence-corrected chi connectivity index (χ1v) is 9.27. The summed E-state index contributed by atoms with van der Waals surface area (Å²) >= 11 is 0. The molecule has 5 heteroatoms. The first-order chi connectivity index (χ1) is 13.1. The van der Waals surface area contributed by atoms with E-state index in [1.165, 1.54) is 12.1 Å². The number of likely N-dealkylation sites (tertiary alicyclic amines) is 1. The first-order valence-electron chi connectivity index (χ1n) is 9.27. The minimum atomic E-state index is -0.280. The van der Waals surface area contributed by atoms with Crippen LogP contribution >= 0.6 is 0 Å². The van der Waals surface area contributed by atoms with Crippen molar-refractivity contribution in [1.29, 1.82) is 0 Å². The number of hydrogen-bond donors (Lipinski definition) is 0. The van der Waals surface area contributed by atoms with Crippen LogP contribution in [0.3, 0.4) is 0 Å². The highest BCUT2D eigenvalue weighted by atomic mass is 19.1. The average molecular weight is 369 g/mol. The van der Waals surface area contributed by atoms with E-state index < -0.39 is 0 Å². The van der Waals surface area contributed by atoms with Gasteiger partial charge in [0.1, 0.15) is 11.6 Å². The number of ketones is 1. The van der Waals surface area contributed by atoms with Gasteiger partial charge < -0.3 is 9.64 Å². The lowest BCUT2D eigenvalue weighted by Gasteiger charge is -2.31. The summed E-state index contributed by atoms with van der Waals surface area (Å²) < 4.78 is 18.3. The molecule has 1 aliphatic rings. The molecule has 0 bridgehead atoms. The van der Waals surface area contributed by atoms with E-state index in [2.05, 4.69) is 0 Å². The lowest BCUT2D eigenvalue weighted by molar-refractivity contribution is -0.132. The topological polar surface area (TPSA) is 46.6 Å². The Morgan fingerprint density at radius 1 is 1.11 bits per heavy atom. The fourth-order valence-electron chi connectivity index (χ4n) is 3.48. The van der Waals surface area contributed by atoms with Crippen molar-refractivity contribution >= 4 is 11.7 Å². The summed E-state index contributed by atoms with van der Waals surface area (Å²) in [6.07, 6.45) is 2.25. The van der Waals surface area contributed by atoms with Crippen LogP contribution in [0, 0.1) is 11.7 Å². The van der Waals surface area contributed by atoms with Gasteiger partial charge in [-0.2, -0.15) is 0 Å². The molecule has 1 saturated heterocycles. The number of halogens is 1. The van der Waals surface area contributed by atoms with Crippen LogP contribution in [0.25, 0.3) is 0 Å². The first kappa shape index (κ1) is 19.1. The molecule has 0 unspecified atom stereocenters. The molecule has 2 aromatic carbocycles. The van der Waals surface area contributed by atoms with E-state index in [-0.39, 0.29) is 23.4 Å². The van der Waals surface area contributed by atoms with Gasteiger partial charge in [-0.15, -0.1) is 0 Å². The molecule has 1 fully saturated rings. The smallest absolute Gasteiger partial charge is 0.222 e. The number of amides is 1. The zero-order chi connectivity index (χ0) is 19.2. The number of piperidine rings is 1. The van der Waals surface area contributed by atoms with E-state index in [0.29, 0.717) is 44.3 Å². The van der Waals surface area contributed by atoms with E-state index >= 15 is 0 Å². The predicted molar refractivity (Wildman–Crippen MR) is 101 cm³/mol. The molecule has 2 aromatic rings. The van der Waals surface area contributed by atoms with Gasteiger partial charge in [-0.25, -0.2) is 4.39 Å². The zero-order valence-corrected chi connectivity index (χ0v) is 15.5. The summed E-state index contributed by atoms with van der Waals surface area (Å²) in [6, 6.07) is 13.5. The molecule has 1 heterocycles. The van der Waals surface area contributed by atoms with Gasteiger partial charge in [0.2, 0.25) is 5.91 Å². The number of rotatable bonds is 6. The lowest BCUT2D eigenvalue weighted by atomic mass is 9.88. The van der Waals surface area contributed by atoms with Crippen LogP contribution in [0.2, 0.25) is 0 Å². The van der Waals surface area contributed by atoms with Crippen molar-refractivity contribution in [3.63, 3.8) is 0 Å².